The molecule has 8 nitrogen and oxygen atoms in total. The summed E-state index contributed by atoms with van der Waals surface area (Å²) in [6.07, 6.45) is 2.16. The summed E-state index contributed by atoms with van der Waals surface area (Å²) in [6.45, 7) is 2.17. The third-order valence-corrected chi connectivity index (χ3v) is 6.58. The lowest BCUT2D eigenvalue weighted by Gasteiger charge is -2.27. The number of ether oxygens (including phenoxy) is 2. The van der Waals surface area contributed by atoms with Gasteiger partial charge < -0.3 is 14.8 Å². The summed E-state index contributed by atoms with van der Waals surface area (Å²) < 4.78 is 39.8. The Hall–Kier alpha value is -3.21. The minimum absolute atomic E-state index is 0.0782. The number of anilines is 2. The molecule has 0 saturated carbocycles. The molecule has 0 saturated heterocycles. The van der Waals surface area contributed by atoms with Crippen molar-refractivity contribution >= 4 is 43.2 Å². The van der Waals surface area contributed by atoms with Crippen LogP contribution in [-0.4, -0.2) is 32.1 Å². The maximum absolute atomic E-state index is 13.1. The van der Waals surface area contributed by atoms with E-state index >= 15 is 0 Å². The van der Waals surface area contributed by atoms with Crippen LogP contribution in [0, 0.1) is 0 Å². The van der Waals surface area contributed by atoms with Crippen LogP contribution < -0.4 is 14.8 Å². The fraction of sp³-hybridized carbons (Fsp3) is 0.130. The molecule has 4 rings (SSSR count). The monoisotopic (exact) mass is 529 g/mol. The lowest BCUT2D eigenvalue weighted by molar-refractivity contribution is -0.0509. The summed E-state index contributed by atoms with van der Waals surface area (Å²) in [6, 6.07) is 16.3. The van der Waals surface area contributed by atoms with Crippen LogP contribution in [0.5, 0.6) is 5.75 Å². The molecule has 0 bridgehead atoms. The van der Waals surface area contributed by atoms with Gasteiger partial charge >= 0.3 is 0 Å². The Bertz CT molecular complexity index is 1300. The maximum Gasteiger partial charge on any atom is 0.263 e. The number of rotatable bonds is 7. The summed E-state index contributed by atoms with van der Waals surface area (Å²) in [4.78, 5) is 17.1. The predicted octanol–water partition coefficient (Wildman–Crippen LogP) is 4.58. The van der Waals surface area contributed by atoms with E-state index in [1.165, 1.54) is 24.5 Å². The number of halogens is 1. The average Bonchev–Trinajstić information content (AvgIpc) is 2.80. The van der Waals surface area contributed by atoms with Gasteiger partial charge in [0.1, 0.15) is 11.6 Å². The molecule has 1 aliphatic heterocycles. The Morgan fingerprint density at radius 3 is 2.64 bits per heavy atom. The van der Waals surface area contributed by atoms with E-state index in [1.54, 1.807) is 48.5 Å². The van der Waals surface area contributed by atoms with E-state index in [2.05, 4.69) is 31.0 Å². The van der Waals surface area contributed by atoms with Gasteiger partial charge in [0.2, 0.25) is 12.1 Å². The van der Waals surface area contributed by atoms with Gasteiger partial charge in [-0.3, -0.25) is 9.52 Å². The smallest absolute Gasteiger partial charge is 0.263 e. The number of fused-ring (bicyclic) bond motifs is 1. The van der Waals surface area contributed by atoms with Gasteiger partial charge in [-0.15, -0.1) is 0 Å². The van der Waals surface area contributed by atoms with Crippen LogP contribution in [0.15, 0.2) is 88.0 Å². The first kappa shape index (κ1) is 23.0. The minimum atomic E-state index is -3.78. The SMILES string of the molecule is CCOC1Oc2ccc(Br)cc2C(=O)/C1=C\Nc1ccc(S(=O)(=O)Nc2ccccn2)cc1. The fourth-order valence-corrected chi connectivity index (χ4v) is 4.51. The van der Waals surface area contributed by atoms with Crippen molar-refractivity contribution in [2.24, 2.45) is 0 Å². The Balaban J connectivity index is 1.53. The molecule has 0 aliphatic carbocycles. The largest absolute Gasteiger partial charge is 0.460 e. The molecule has 0 amide bonds. The molecule has 33 heavy (non-hydrogen) atoms. The minimum Gasteiger partial charge on any atom is -0.460 e. The maximum atomic E-state index is 13.1. The number of nitrogens with zero attached hydrogens (tertiary/aromatic N) is 1. The number of carbonyl (C=O) groups excluding carboxylic acids is 1. The fourth-order valence-electron chi connectivity index (χ4n) is 3.14. The molecule has 2 heterocycles. The number of ketones is 1. The van der Waals surface area contributed by atoms with Crippen LogP contribution in [0.4, 0.5) is 11.5 Å². The Labute approximate surface area is 199 Å². The highest BCUT2D eigenvalue weighted by molar-refractivity contribution is 9.10. The zero-order valence-electron chi connectivity index (χ0n) is 17.5. The van der Waals surface area contributed by atoms with E-state index in [1.807, 2.05) is 6.92 Å². The van der Waals surface area contributed by atoms with E-state index in [4.69, 9.17) is 9.47 Å². The zero-order chi connectivity index (χ0) is 23.4. The highest BCUT2D eigenvalue weighted by Gasteiger charge is 2.32. The number of pyridine rings is 1. The first-order valence-corrected chi connectivity index (χ1v) is 12.3. The molecule has 10 heteroatoms. The second-order valence-electron chi connectivity index (χ2n) is 6.96. The first-order chi connectivity index (χ1) is 15.9. The third-order valence-electron chi connectivity index (χ3n) is 4.72. The van der Waals surface area contributed by atoms with E-state index in [0.29, 0.717) is 29.2 Å². The molecule has 1 atom stereocenters. The average molecular weight is 530 g/mol. The number of nitrogens with one attached hydrogen (secondary N) is 2. The second-order valence-corrected chi connectivity index (χ2v) is 9.56. The lowest BCUT2D eigenvalue weighted by atomic mass is 10.00. The van der Waals surface area contributed by atoms with Crippen LogP contribution in [0.3, 0.4) is 0 Å². The highest BCUT2D eigenvalue weighted by atomic mass is 79.9. The predicted molar refractivity (Wildman–Crippen MR) is 128 cm³/mol. The van der Waals surface area contributed by atoms with Gasteiger partial charge in [0.15, 0.2) is 0 Å². The Morgan fingerprint density at radius 1 is 1.15 bits per heavy atom. The van der Waals surface area contributed by atoms with E-state index in [0.717, 1.165) is 4.47 Å². The quantitative estimate of drug-likeness (QED) is 0.431. The lowest BCUT2D eigenvalue weighted by Crippen LogP contribution is -2.33. The van der Waals surface area contributed by atoms with Crippen LogP contribution in [-0.2, 0) is 14.8 Å². The number of hydrogen-bond donors (Lipinski definition) is 2. The summed E-state index contributed by atoms with van der Waals surface area (Å²) in [5, 5.41) is 3.02. The summed E-state index contributed by atoms with van der Waals surface area (Å²) in [7, 11) is -3.78. The van der Waals surface area contributed by atoms with Gasteiger partial charge in [0, 0.05) is 29.2 Å². The molecule has 1 aromatic heterocycles. The van der Waals surface area contributed by atoms with E-state index in [-0.39, 0.29) is 16.5 Å². The van der Waals surface area contributed by atoms with Gasteiger partial charge in [-0.1, -0.05) is 22.0 Å². The van der Waals surface area contributed by atoms with Gasteiger partial charge in [-0.2, -0.15) is 0 Å². The number of benzene rings is 2. The van der Waals surface area contributed by atoms with E-state index < -0.39 is 16.3 Å². The second kappa shape index (κ2) is 9.74. The Morgan fingerprint density at radius 2 is 1.94 bits per heavy atom. The zero-order valence-corrected chi connectivity index (χ0v) is 19.9. The number of sulfonamides is 1. The first-order valence-electron chi connectivity index (χ1n) is 10.0. The van der Waals surface area contributed by atoms with Crippen molar-refractivity contribution in [2.45, 2.75) is 18.1 Å². The number of carbonyl (C=O) groups is 1. The molecule has 0 radical (unpaired) electrons. The Kier molecular flexibility index (Phi) is 6.77. The van der Waals surface area contributed by atoms with Crippen molar-refractivity contribution in [3.8, 4) is 5.75 Å². The standard InChI is InChI=1S/C23H20BrN3O5S/c1-2-31-23-19(22(28)18-13-15(24)6-11-20(18)32-23)14-26-16-7-9-17(10-8-16)33(29,30)27-21-5-3-4-12-25-21/h3-14,23,26H,2H2,1H3,(H,25,27)/b19-14+. The third kappa shape index (κ3) is 5.24. The molecular formula is C23H20BrN3O5S. The van der Waals surface area contributed by atoms with E-state index in [9.17, 15) is 13.2 Å². The van der Waals surface area contributed by atoms with Crippen molar-refractivity contribution in [2.75, 3.05) is 16.6 Å². The molecule has 0 spiro atoms. The normalized spacial score (nSPS) is 16.7. The van der Waals surface area contributed by atoms with Gasteiger partial charge in [0.05, 0.1) is 16.0 Å². The number of hydrogen-bond acceptors (Lipinski definition) is 7. The summed E-state index contributed by atoms with van der Waals surface area (Å²) >= 11 is 3.37. The molecular weight excluding hydrogens is 510 g/mol. The van der Waals surface area contributed by atoms with Crippen LogP contribution in [0.1, 0.15) is 17.3 Å². The van der Waals surface area contributed by atoms with Gasteiger partial charge in [-0.05, 0) is 61.5 Å². The molecule has 170 valence electrons. The summed E-state index contributed by atoms with van der Waals surface area (Å²) in [5.74, 6) is 0.463. The van der Waals surface area contributed by atoms with Crippen LogP contribution >= 0.6 is 15.9 Å². The molecule has 0 fully saturated rings. The molecule has 3 aromatic rings. The van der Waals surface area contributed by atoms with Crippen molar-refractivity contribution < 1.29 is 22.7 Å². The number of aromatic nitrogens is 1. The van der Waals surface area contributed by atoms with Crippen LogP contribution in [0.2, 0.25) is 0 Å². The van der Waals surface area contributed by atoms with Gasteiger partial charge in [0.25, 0.3) is 10.0 Å². The van der Waals surface area contributed by atoms with Crippen molar-refractivity contribution in [1.29, 1.82) is 0 Å². The molecule has 1 unspecified atom stereocenters. The van der Waals surface area contributed by atoms with Crippen molar-refractivity contribution in [3.05, 3.63) is 88.7 Å². The topological polar surface area (TPSA) is 107 Å². The summed E-state index contributed by atoms with van der Waals surface area (Å²) in [5.41, 5.74) is 1.31. The molecule has 1 aliphatic rings. The molecule has 2 aromatic carbocycles. The van der Waals surface area contributed by atoms with Crippen molar-refractivity contribution in [3.63, 3.8) is 0 Å². The number of Topliss-reactive ketones (excluding diaryl/α,β-unsaturated/α-hetero) is 1. The molecule has 2 N–H and O–H groups in total. The van der Waals surface area contributed by atoms with Crippen LogP contribution in [0.25, 0.3) is 0 Å². The highest BCUT2D eigenvalue weighted by Crippen LogP contribution is 2.33. The van der Waals surface area contributed by atoms with Crippen molar-refractivity contribution in [1.82, 2.24) is 4.98 Å². The van der Waals surface area contributed by atoms with Gasteiger partial charge in [-0.25, -0.2) is 13.4 Å².